The lowest BCUT2D eigenvalue weighted by atomic mass is 10.3. The Morgan fingerprint density at radius 2 is 2.23 bits per heavy atom. The minimum Gasteiger partial charge on any atom is -0.385 e. The van der Waals surface area contributed by atoms with Crippen molar-refractivity contribution < 1.29 is 19.7 Å². The molecule has 1 saturated heterocycles. The van der Waals surface area contributed by atoms with Crippen LogP contribution >= 0.6 is 11.8 Å². The van der Waals surface area contributed by atoms with Crippen molar-refractivity contribution in [3.8, 4) is 0 Å². The Morgan fingerprint density at radius 3 is 2.85 bits per heavy atom. The molecule has 4 nitrogen and oxygen atoms in total. The highest BCUT2D eigenvalue weighted by Crippen LogP contribution is 2.15. The molecule has 1 heterocycles. The van der Waals surface area contributed by atoms with E-state index in [2.05, 4.69) is 6.92 Å². The molecule has 2 N–H and O–H groups in total. The molecule has 0 spiro atoms. The van der Waals surface area contributed by atoms with Gasteiger partial charge in [-0.05, 0) is 12.2 Å². The van der Waals surface area contributed by atoms with E-state index >= 15 is 0 Å². The zero-order valence-corrected chi connectivity index (χ0v) is 8.50. The Hall–Kier alpha value is 0.190. The fourth-order valence-electron chi connectivity index (χ4n) is 0.985. The molecule has 0 aliphatic carbocycles. The van der Waals surface area contributed by atoms with E-state index in [9.17, 15) is 0 Å². The molecule has 0 saturated carbocycles. The van der Waals surface area contributed by atoms with Gasteiger partial charge in [-0.15, -0.1) is 0 Å². The minimum absolute atomic E-state index is 0.151. The van der Waals surface area contributed by atoms with Crippen LogP contribution in [-0.4, -0.2) is 47.0 Å². The van der Waals surface area contributed by atoms with Gasteiger partial charge >= 0.3 is 0 Å². The summed E-state index contributed by atoms with van der Waals surface area (Å²) in [5.41, 5.74) is 0. The van der Waals surface area contributed by atoms with E-state index in [0.29, 0.717) is 5.75 Å². The van der Waals surface area contributed by atoms with Gasteiger partial charge in [0.25, 0.3) is 0 Å². The SMILES string of the molecule is CCCSCC1OCC(O)C(O)O1. The van der Waals surface area contributed by atoms with Gasteiger partial charge in [0.15, 0.2) is 12.6 Å². The summed E-state index contributed by atoms with van der Waals surface area (Å²) in [6, 6.07) is 0. The molecule has 5 heteroatoms. The van der Waals surface area contributed by atoms with E-state index < -0.39 is 12.4 Å². The Balaban J connectivity index is 2.14. The smallest absolute Gasteiger partial charge is 0.186 e. The van der Waals surface area contributed by atoms with Crippen molar-refractivity contribution in [2.75, 3.05) is 18.1 Å². The van der Waals surface area contributed by atoms with Gasteiger partial charge in [-0.3, -0.25) is 0 Å². The minimum atomic E-state index is -1.10. The first-order valence-electron chi connectivity index (χ1n) is 4.45. The Kier molecular flexibility index (Phi) is 5.05. The summed E-state index contributed by atoms with van der Waals surface area (Å²) in [6.45, 7) is 2.26. The van der Waals surface area contributed by atoms with Crippen molar-refractivity contribution in [1.82, 2.24) is 0 Å². The molecular weight excluding hydrogens is 192 g/mol. The number of hydrogen-bond donors (Lipinski definition) is 2. The van der Waals surface area contributed by atoms with Crippen molar-refractivity contribution >= 4 is 11.8 Å². The molecule has 1 aliphatic heterocycles. The van der Waals surface area contributed by atoms with Crippen molar-refractivity contribution in [3.05, 3.63) is 0 Å². The zero-order valence-electron chi connectivity index (χ0n) is 7.68. The third kappa shape index (κ3) is 3.83. The van der Waals surface area contributed by atoms with Crippen LogP contribution in [0.3, 0.4) is 0 Å². The van der Waals surface area contributed by atoms with Crippen LogP contribution < -0.4 is 0 Å². The van der Waals surface area contributed by atoms with E-state index in [1.807, 2.05) is 0 Å². The largest absolute Gasteiger partial charge is 0.385 e. The fourth-order valence-corrected chi connectivity index (χ4v) is 1.81. The van der Waals surface area contributed by atoms with E-state index in [1.54, 1.807) is 11.8 Å². The number of rotatable bonds is 4. The molecule has 3 unspecified atom stereocenters. The molecule has 13 heavy (non-hydrogen) atoms. The standard InChI is InChI=1S/C8H16O4S/c1-2-3-13-5-7-11-4-6(9)8(10)12-7/h6-10H,2-5H2,1H3. The van der Waals surface area contributed by atoms with Gasteiger partial charge in [-0.2, -0.15) is 11.8 Å². The van der Waals surface area contributed by atoms with Gasteiger partial charge in [0.1, 0.15) is 6.10 Å². The summed E-state index contributed by atoms with van der Waals surface area (Å²) >= 11 is 1.72. The maximum atomic E-state index is 9.14. The number of aliphatic hydroxyl groups is 2. The maximum absolute atomic E-state index is 9.14. The van der Waals surface area contributed by atoms with Crippen molar-refractivity contribution in [2.24, 2.45) is 0 Å². The van der Waals surface area contributed by atoms with Gasteiger partial charge < -0.3 is 19.7 Å². The first-order valence-corrected chi connectivity index (χ1v) is 5.60. The van der Waals surface area contributed by atoms with Crippen LogP contribution in [0.2, 0.25) is 0 Å². The number of aliphatic hydroxyl groups excluding tert-OH is 2. The normalized spacial score (nSPS) is 34.8. The molecule has 0 aromatic heterocycles. The second-order valence-corrected chi connectivity index (χ2v) is 4.08. The Bertz CT molecular complexity index is 144. The number of thioether (sulfide) groups is 1. The average molecular weight is 208 g/mol. The van der Waals surface area contributed by atoms with Gasteiger partial charge in [0.05, 0.1) is 6.61 Å². The lowest BCUT2D eigenvalue weighted by Gasteiger charge is -2.30. The summed E-state index contributed by atoms with van der Waals surface area (Å²) in [5, 5.41) is 18.2. The van der Waals surface area contributed by atoms with E-state index in [-0.39, 0.29) is 12.9 Å². The van der Waals surface area contributed by atoms with Crippen LogP contribution in [0.1, 0.15) is 13.3 Å². The molecule has 0 aromatic rings. The van der Waals surface area contributed by atoms with E-state index in [1.165, 1.54) is 0 Å². The highest BCUT2D eigenvalue weighted by Gasteiger charge is 2.28. The molecule has 78 valence electrons. The molecule has 1 aliphatic rings. The lowest BCUT2D eigenvalue weighted by molar-refractivity contribution is -0.300. The van der Waals surface area contributed by atoms with E-state index in [4.69, 9.17) is 19.7 Å². The second kappa shape index (κ2) is 5.82. The van der Waals surface area contributed by atoms with E-state index in [0.717, 1.165) is 12.2 Å². The fraction of sp³-hybridized carbons (Fsp3) is 1.00. The lowest BCUT2D eigenvalue weighted by Crippen LogP contribution is -2.44. The first-order chi connectivity index (χ1) is 6.24. The number of ether oxygens (including phenoxy) is 2. The van der Waals surface area contributed by atoms with Crippen LogP contribution in [0.15, 0.2) is 0 Å². The topological polar surface area (TPSA) is 58.9 Å². The van der Waals surface area contributed by atoms with Crippen LogP contribution in [0.25, 0.3) is 0 Å². The molecule has 1 rings (SSSR count). The molecule has 0 aromatic carbocycles. The van der Waals surface area contributed by atoms with Gasteiger partial charge in [0.2, 0.25) is 0 Å². The quantitative estimate of drug-likeness (QED) is 0.645. The molecule has 0 radical (unpaired) electrons. The number of hydrogen-bond acceptors (Lipinski definition) is 5. The maximum Gasteiger partial charge on any atom is 0.186 e. The van der Waals surface area contributed by atoms with Crippen molar-refractivity contribution in [2.45, 2.75) is 32.0 Å². The molecule has 0 amide bonds. The predicted molar refractivity (Wildman–Crippen MR) is 50.5 cm³/mol. The monoisotopic (exact) mass is 208 g/mol. The Morgan fingerprint density at radius 1 is 1.46 bits per heavy atom. The summed E-state index contributed by atoms with van der Waals surface area (Å²) < 4.78 is 10.2. The summed E-state index contributed by atoms with van der Waals surface area (Å²) in [6.07, 6.45) is -1.27. The summed E-state index contributed by atoms with van der Waals surface area (Å²) in [7, 11) is 0. The zero-order chi connectivity index (χ0) is 9.68. The van der Waals surface area contributed by atoms with Crippen LogP contribution in [0.5, 0.6) is 0 Å². The first kappa shape index (κ1) is 11.3. The highest BCUT2D eigenvalue weighted by molar-refractivity contribution is 7.99. The molecular formula is C8H16O4S. The molecule has 3 atom stereocenters. The van der Waals surface area contributed by atoms with Gasteiger partial charge in [0, 0.05) is 5.75 Å². The van der Waals surface area contributed by atoms with Crippen LogP contribution in [0.4, 0.5) is 0 Å². The van der Waals surface area contributed by atoms with Crippen LogP contribution in [0, 0.1) is 0 Å². The third-order valence-corrected chi connectivity index (χ3v) is 2.88. The van der Waals surface area contributed by atoms with Crippen molar-refractivity contribution in [3.63, 3.8) is 0 Å². The Labute approximate surface area is 82.2 Å². The molecule has 0 bridgehead atoms. The van der Waals surface area contributed by atoms with Crippen molar-refractivity contribution in [1.29, 1.82) is 0 Å². The highest BCUT2D eigenvalue weighted by atomic mass is 32.2. The van der Waals surface area contributed by atoms with Crippen LogP contribution in [-0.2, 0) is 9.47 Å². The van der Waals surface area contributed by atoms with Gasteiger partial charge in [-0.1, -0.05) is 6.92 Å². The molecule has 1 fully saturated rings. The van der Waals surface area contributed by atoms with Gasteiger partial charge in [-0.25, -0.2) is 0 Å². The average Bonchev–Trinajstić information content (AvgIpc) is 2.12. The third-order valence-electron chi connectivity index (χ3n) is 1.68. The summed E-state index contributed by atoms with van der Waals surface area (Å²) in [5.74, 6) is 1.76. The predicted octanol–water partition coefficient (Wildman–Crippen LogP) is 0.182. The second-order valence-electron chi connectivity index (χ2n) is 2.93. The summed E-state index contributed by atoms with van der Waals surface area (Å²) in [4.78, 5) is 0.